The maximum Gasteiger partial charge on any atom is 0.203 e. The fourth-order valence-corrected chi connectivity index (χ4v) is 1.60. The number of halogens is 2. The van der Waals surface area contributed by atoms with Gasteiger partial charge in [0.1, 0.15) is 0 Å². The van der Waals surface area contributed by atoms with Crippen LogP contribution in [-0.4, -0.2) is 16.1 Å². The summed E-state index contributed by atoms with van der Waals surface area (Å²) in [5.41, 5.74) is 0.695. The Balaban J connectivity index is 2.19. The largest absolute Gasteiger partial charge is 0.356 e. The van der Waals surface area contributed by atoms with Gasteiger partial charge in [0.25, 0.3) is 0 Å². The predicted molar refractivity (Wildman–Crippen MR) is 61.9 cm³/mol. The maximum atomic E-state index is 13.0. The van der Waals surface area contributed by atoms with Gasteiger partial charge in [-0.25, -0.2) is 13.8 Å². The molecule has 1 heterocycles. The van der Waals surface area contributed by atoms with E-state index in [0.29, 0.717) is 12.1 Å². The first-order chi connectivity index (χ1) is 8.20. The highest BCUT2D eigenvalue weighted by atomic mass is 19.2. The molecule has 0 aliphatic rings. The summed E-state index contributed by atoms with van der Waals surface area (Å²) in [6, 6.07) is 3.90. The number of benzene rings is 1. The van der Waals surface area contributed by atoms with Crippen LogP contribution in [0, 0.1) is 11.6 Å². The molecular weight excluding hydrogens is 224 g/mol. The maximum absolute atomic E-state index is 13.0. The molecule has 0 fully saturated rings. The summed E-state index contributed by atoms with van der Waals surface area (Å²) in [7, 11) is 0. The number of hydrogen-bond donors (Lipinski definition) is 1. The predicted octanol–water partition coefficient (Wildman–Crippen LogP) is 2.64. The molecule has 2 aromatic rings. The van der Waals surface area contributed by atoms with Gasteiger partial charge >= 0.3 is 0 Å². The second kappa shape index (κ2) is 4.95. The quantitative estimate of drug-likeness (QED) is 0.885. The van der Waals surface area contributed by atoms with Crippen LogP contribution in [0.3, 0.4) is 0 Å². The lowest BCUT2D eigenvalue weighted by Gasteiger charge is -2.08. The SMILES string of the molecule is CCNc1nccn1Cc1ccc(F)c(F)c1. The molecule has 1 aromatic carbocycles. The molecule has 0 amide bonds. The molecule has 17 heavy (non-hydrogen) atoms. The molecule has 0 spiro atoms. The topological polar surface area (TPSA) is 29.9 Å². The van der Waals surface area contributed by atoms with Crippen LogP contribution in [0.25, 0.3) is 0 Å². The minimum Gasteiger partial charge on any atom is -0.356 e. The molecule has 2 rings (SSSR count). The summed E-state index contributed by atoms with van der Waals surface area (Å²) >= 11 is 0. The summed E-state index contributed by atoms with van der Waals surface area (Å²) < 4.78 is 27.7. The normalized spacial score (nSPS) is 10.5. The molecule has 3 nitrogen and oxygen atoms in total. The average Bonchev–Trinajstić information content (AvgIpc) is 2.72. The van der Waals surface area contributed by atoms with Crippen LogP contribution < -0.4 is 5.32 Å². The van der Waals surface area contributed by atoms with Gasteiger partial charge in [-0.15, -0.1) is 0 Å². The van der Waals surface area contributed by atoms with Crippen molar-refractivity contribution in [1.29, 1.82) is 0 Å². The standard InChI is InChI=1S/C12H13F2N3/c1-2-15-12-16-5-6-17(12)8-9-3-4-10(13)11(14)7-9/h3-7H,2,8H2,1H3,(H,15,16). The van der Waals surface area contributed by atoms with E-state index in [4.69, 9.17) is 0 Å². The second-order valence-electron chi connectivity index (χ2n) is 3.66. The molecule has 1 aromatic heterocycles. The van der Waals surface area contributed by atoms with E-state index in [1.54, 1.807) is 18.5 Å². The summed E-state index contributed by atoms with van der Waals surface area (Å²) in [6.45, 7) is 3.19. The number of anilines is 1. The van der Waals surface area contributed by atoms with Crippen LogP contribution in [0.4, 0.5) is 14.7 Å². The zero-order valence-corrected chi connectivity index (χ0v) is 9.45. The molecule has 0 atom stereocenters. The van der Waals surface area contributed by atoms with Gasteiger partial charge in [-0.2, -0.15) is 0 Å². The first-order valence-corrected chi connectivity index (χ1v) is 5.39. The highest BCUT2D eigenvalue weighted by Gasteiger charge is 2.05. The van der Waals surface area contributed by atoms with E-state index in [2.05, 4.69) is 10.3 Å². The van der Waals surface area contributed by atoms with Crippen LogP contribution in [0.5, 0.6) is 0 Å². The smallest absolute Gasteiger partial charge is 0.203 e. The van der Waals surface area contributed by atoms with Gasteiger partial charge in [-0.1, -0.05) is 6.07 Å². The van der Waals surface area contributed by atoms with Crippen molar-refractivity contribution in [2.75, 3.05) is 11.9 Å². The molecule has 0 saturated carbocycles. The molecule has 0 radical (unpaired) electrons. The van der Waals surface area contributed by atoms with Crippen LogP contribution in [-0.2, 0) is 6.54 Å². The lowest BCUT2D eigenvalue weighted by atomic mass is 10.2. The minimum atomic E-state index is -0.828. The summed E-state index contributed by atoms with van der Waals surface area (Å²) in [4.78, 5) is 4.13. The Morgan fingerprint density at radius 1 is 1.29 bits per heavy atom. The van der Waals surface area contributed by atoms with Gasteiger partial charge < -0.3 is 9.88 Å². The summed E-state index contributed by atoms with van der Waals surface area (Å²) in [5.74, 6) is -0.934. The van der Waals surface area contributed by atoms with Crippen LogP contribution >= 0.6 is 0 Å². The number of aromatic nitrogens is 2. The average molecular weight is 237 g/mol. The van der Waals surface area contributed by atoms with Crippen molar-refractivity contribution < 1.29 is 8.78 Å². The molecule has 0 aliphatic heterocycles. The molecule has 5 heteroatoms. The van der Waals surface area contributed by atoms with Gasteiger partial charge in [0.15, 0.2) is 11.6 Å². The third-order valence-electron chi connectivity index (χ3n) is 2.39. The van der Waals surface area contributed by atoms with E-state index in [9.17, 15) is 8.78 Å². The Labute approximate surface area is 98.1 Å². The molecule has 0 bridgehead atoms. The number of nitrogens with zero attached hydrogens (tertiary/aromatic N) is 2. The Hall–Kier alpha value is -1.91. The highest BCUT2D eigenvalue weighted by molar-refractivity contribution is 5.28. The molecule has 0 aliphatic carbocycles. The third kappa shape index (κ3) is 2.61. The first kappa shape index (κ1) is 11.6. The van der Waals surface area contributed by atoms with E-state index in [1.165, 1.54) is 6.07 Å². The number of hydrogen-bond acceptors (Lipinski definition) is 2. The van der Waals surface area contributed by atoms with E-state index in [0.717, 1.165) is 18.6 Å². The minimum absolute atomic E-state index is 0.458. The number of imidazole rings is 1. The second-order valence-corrected chi connectivity index (χ2v) is 3.66. The third-order valence-corrected chi connectivity index (χ3v) is 2.39. The van der Waals surface area contributed by atoms with E-state index in [-0.39, 0.29) is 0 Å². The molecule has 90 valence electrons. The van der Waals surface area contributed by atoms with Crippen LogP contribution in [0.2, 0.25) is 0 Å². The lowest BCUT2D eigenvalue weighted by Crippen LogP contribution is -2.07. The van der Waals surface area contributed by atoms with Crippen molar-refractivity contribution in [3.05, 3.63) is 47.8 Å². The summed E-state index contributed by atoms with van der Waals surface area (Å²) in [6.07, 6.45) is 3.46. The van der Waals surface area contributed by atoms with Crippen molar-refractivity contribution in [3.8, 4) is 0 Å². The van der Waals surface area contributed by atoms with Crippen molar-refractivity contribution in [2.45, 2.75) is 13.5 Å². The van der Waals surface area contributed by atoms with Gasteiger partial charge in [-0.3, -0.25) is 0 Å². The Kier molecular flexibility index (Phi) is 3.37. The zero-order chi connectivity index (χ0) is 12.3. The van der Waals surface area contributed by atoms with Gasteiger partial charge in [0, 0.05) is 18.9 Å². The number of nitrogens with one attached hydrogen (secondary N) is 1. The van der Waals surface area contributed by atoms with Gasteiger partial charge in [-0.05, 0) is 24.6 Å². The van der Waals surface area contributed by atoms with Crippen LogP contribution in [0.1, 0.15) is 12.5 Å². The number of rotatable bonds is 4. The molecular formula is C12H13F2N3. The lowest BCUT2D eigenvalue weighted by molar-refractivity contribution is 0.506. The van der Waals surface area contributed by atoms with E-state index >= 15 is 0 Å². The van der Waals surface area contributed by atoms with Crippen molar-refractivity contribution in [2.24, 2.45) is 0 Å². The van der Waals surface area contributed by atoms with Gasteiger partial charge in [0.2, 0.25) is 5.95 Å². The first-order valence-electron chi connectivity index (χ1n) is 5.39. The molecule has 1 N–H and O–H groups in total. The van der Waals surface area contributed by atoms with Crippen LogP contribution in [0.15, 0.2) is 30.6 Å². The van der Waals surface area contributed by atoms with E-state index < -0.39 is 11.6 Å². The Morgan fingerprint density at radius 2 is 2.12 bits per heavy atom. The molecule has 0 saturated heterocycles. The van der Waals surface area contributed by atoms with Crippen molar-refractivity contribution in [3.63, 3.8) is 0 Å². The van der Waals surface area contributed by atoms with E-state index in [1.807, 2.05) is 11.5 Å². The summed E-state index contributed by atoms with van der Waals surface area (Å²) in [5, 5.41) is 3.09. The van der Waals surface area contributed by atoms with Crippen molar-refractivity contribution >= 4 is 5.95 Å². The highest BCUT2D eigenvalue weighted by Crippen LogP contribution is 2.12. The Morgan fingerprint density at radius 3 is 2.82 bits per heavy atom. The fourth-order valence-electron chi connectivity index (χ4n) is 1.60. The van der Waals surface area contributed by atoms with Gasteiger partial charge in [0.05, 0.1) is 6.54 Å². The Bertz CT molecular complexity index is 508. The fraction of sp³-hybridized carbons (Fsp3) is 0.250. The monoisotopic (exact) mass is 237 g/mol. The molecule has 0 unspecified atom stereocenters. The van der Waals surface area contributed by atoms with Crippen molar-refractivity contribution in [1.82, 2.24) is 9.55 Å². The zero-order valence-electron chi connectivity index (χ0n) is 9.45.